The molecule has 2 heterocycles. The van der Waals surface area contributed by atoms with E-state index in [4.69, 9.17) is 11.3 Å². The third-order valence-corrected chi connectivity index (χ3v) is 13.7. The third kappa shape index (κ3) is 5.36. The molecule has 0 aliphatic carbocycles. The Balaban J connectivity index is 0.981. The zero-order valence-electron chi connectivity index (χ0n) is 40.5. The summed E-state index contributed by atoms with van der Waals surface area (Å²) < 4.78 is 52.6. The predicted molar refractivity (Wildman–Crippen MR) is 280 cm³/mol. The van der Waals surface area contributed by atoms with Crippen molar-refractivity contribution in [2.45, 2.75) is 0 Å². The van der Waals surface area contributed by atoms with Gasteiger partial charge in [-0.3, -0.25) is 0 Å². The topological polar surface area (TPSA) is 18.1 Å². The van der Waals surface area contributed by atoms with E-state index < -0.39 is 6.04 Å². The summed E-state index contributed by atoms with van der Waals surface area (Å²) in [5.41, 5.74) is 12.4. The lowest BCUT2D eigenvalue weighted by Gasteiger charge is -2.19. The van der Waals surface area contributed by atoms with Gasteiger partial charge in [0.25, 0.3) is 0 Å². The van der Waals surface area contributed by atoms with Gasteiger partial charge in [0.15, 0.2) is 0 Å². The largest absolute Gasteiger partial charge is 0.456 e. The summed E-state index contributed by atoms with van der Waals surface area (Å²) in [4.78, 5) is 0. The summed E-state index contributed by atoms with van der Waals surface area (Å²) in [7, 11) is 0. The first kappa shape index (κ1) is 32.0. The zero-order valence-corrected chi connectivity index (χ0v) is 35.5. The molecule has 0 unspecified atom stereocenters. The van der Waals surface area contributed by atoms with Crippen molar-refractivity contribution in [3.63, 3.8) is 0 Å². The number of aromatic nitrogens is 1. The fourth-order valence-corrected chi connectivity index (χ4v) is 11.0. The van der Waals surface area contributed by atoms with Gasteiger partial charge in [0.1, 0.15) is 11.2 Å². The lowest BCUT2D eigenvalue weighted by atomic mass is 9.84. The molecule has 0 fully saturated rings. The normalized spacial score (nSPS) is 13.0. The van der Waals surface area contributed by atoms with Crippen LogP contribution < -0.4 is 0 Å². The lowest BCUT2D eigenvalue weighted by molar-refractivity contribution is 0.669. The molecule has 2 nitrogen and oxygen atoms in total. The molecule has 0 aliphatic heterocycles. The van der Waals surface area contributed by atoms with Crippen molar-refractivity contribution in [1.29, 1.82) is 0 Å². The fraction of sp³-hybridized carbons (Fsp3) is 0. The van der Waals surface area contributed by atoms with Crippen LogP contribution in [0, 0.1) is 0 Å². The van der Waals surface area contributed by atoms with Crippen LogP contribution in [0.25, 0.3) is 137 Å². The van der Waals surface area contributed by atoms with E-state index >= 15 is 0 Å². The summed E-state index contributed by atoms with van der Waals surface area (Å²) >= 11 is 0. The third-order valence-electron chi connectivity index (χ3n) is 13.7. The monoisotopic (exact) mass is 842 g/mol. The molecule has 0 aliphatic rings. The zero-order chi connectivity index (χ0) is 47.6. The molecule has 66 heavy (non-hydrogen) atoms. The quantitative estimate of drug-likeness (QED) is 0.158. The molecule has 0 radical (unpaired) electrons. The van der Waals surface area contributed by atoms with Gasteiger partial charge in [0.2, 0.25) is 0 Å². The molecule has 2 heteroatoms. The van der Waals surface area contributed by atoms with Crippen molar-refractivity contribution in [3.8, 4) is 50.2 Å². The van der Waals surface area contributed by atoms with Crippen LogP contribution in [-0.2, 0) is 0 Å². The summed E-state index contributed by atoms with van der Waals surface area (Å²) in [6.45, 7) is 0. The highest BCUT2D eigenvalue weighted by Gasteiger charge is 2.22. The molecular weight excluding hydrogens is 799 g/mol. The van der Waals surface area contributed by atoms with Crippen LogP contribution in [0.2, 0.25) is 0 Å². The van der Waals surface area contributed by atoms with Crippen molar-refractivity contribution >= 4 is 86.8 Å². The highest BCUT2D eigenvalue weighted by molar-refractivity contribution is 6.27. The Morgan fingerprint density at radius 1 is 0.318 bits per heavy atom. The molecule has 12 aromatic carbocycles. The summed E-state index contributed by atoms with van der Waals surface area (Å²) in [5, 5.41) is 12.5. The Morgan fingerprint density at radius 3 is 1.29 bits per heavy atom. The van der Waals surface area contributed by atoms with Gasteiger partial charge >= 0.3 is 0 Å². The van der Waals surface area contributed by atoms with Gasteiger partial charge in [0, 0.05) is 27.2 Å². The second-order valence-electron chi connectivity index (χ2n) is 17.1. The van der Waals surface area contributed by atoms with Crippen molar-refractivity contribution in [3.05, 3.63) is 236 Å². The Bertz CT molecular complexity index is 4390. The van der Waals surface area contributed by atoms with E-state index in [1.54, 1.807) is 0 Å². The van der Waals surface area contributed by atoms with Gasteiger partial charge in [-0.1, -0.05) is 194 Å². The molecule has 0 atom stereocenters. The molecule has 0 spiro atoms. The smallest absolute Gasteiger partial charge is 0.136 e. The minimum atomic E-state index is -0.410. The van der Waals surface area contributed by atoms with Crippen LogP contribution >= 0.6 is 0 Å². The molecule has 14 aromatic rings. The minimum absolute atomic E-state index is 0.192. The number of nitrogens with zero attached hydrogens (tertiary/aromatic N) is 1. The maximum absolute atomic E-state index is 9.03. The molecule has 0 amide bonds. The van der Waals surface area contributed by atoms with E-state index in [0.717, 1.165) is 98.5 Å². The predicted octanol–water partition coefficient (Wildman–Crippen LogP) is 18.0. The van der Waals surface area contributed by atoms with Gasteiger partial charge < -0.3 is 8.98 Å². The number of hydrogen-bond acceptors (Lipinski definition) is 1. The maximum Gasteiger partial charge on any atom is 0.136 e. The highest BCUT2D eigenvalue weighted by atomic mass is 16.3. The van der Waals surface area contributed by atoms with Gasteiger partial charge in [-0.05, 0) is 130 Å². The average molecular weight is 843 g/mol. The molecule has 306 valence electrons. The Labute approximate surface area is 387 Å². The van der Waals surface area contributed by atoms with E-state index in [9.17, 15) is 0 Å². The standard InChI is InChI=1S/C64H39NO/c1-2-17-40(18-3-1)60-46-21-4-6-23-48(46)62(49-24-7-5-22-47(49)60)42-35-38-58-55(39-42)64-54(29-16-32-59(64)66-58)63-52-27-10-8-25-50(52)61(51-26-9-11-28-53(51)63)41-33-36-43(37-34-41)65-56-30-14-12-19-44(56)45-20-13-15-31-57(45)65/h1-39H/i1D,2D,3D,17D,18D. The number of furan rings is 1. The first-order valence-corrected chi connectivity index (χ1v) is 22.3. The number of benzene rings is 12. The van der Waals surface area contributed by atoms with E-state index in [1.165, 1.54) is 27.4 Å². The Morgan fingerprint density at radius 2 is 0.758 bits per heavy atom. The average Bonchev–Trinajstić information content (AvgIpc) is 3.97. The number of fused-ring (bicyclic) bond motifs is 10. The second kappa shape index (κ2) is 14.4. The number of rotatable bonds is 5. The highest BCUT2D eigenvalue weighted by Crippen LogP contribution is 2.49. The second-order valence-corrected chi connectivity index (χ2v) is 17.1. The molecule has 2 aromatic heterocycles. The van der Waals surface area contributed by atoms with Crippen LogP contribution in [0.1, 0.15) is 6.85 Å². The van der Waals surface area contributed by atoms with Crippen LogP contribution in [0.15, 0.2) is 241 Å². The van der Waals surface area contributed by atoms with Crippen LogP contribution in [0.3, 0.4) is 0 Å². The first-order valence-electron chi connectivity index (χ1n) is 24.8. The molecule has 0 saturated heterocycles. The van der Waals surface area contributed by atoms with Crippen LogP contribution in [0.5, 0.6) is 0 Å². The SMILES string of the molecule is [2H]c1c([2H])c([2H])c(-c2c3ccccc3c(-c3ccc4oc5cccc(-c6c7ccccc7c(-c7ccc(-n8c9ccccc9c9ccccc98)cc7)c7ccccc67)c5c4c3)c3ccccc23)c([2H])c1[2H]. The number of para-hydroxylation sites is 2. The maximum atomic E-state index is 9.03. The molecule has 0 bridgehead atoms. The van der Waals surface area contributed by atoms with Crippen molar-refractivity contribution in [1.82, 2.24) is 4.57 Å². The summed E-state index contributed by atoms with van der Waals surface area (Å²) in [5.74, 6) is 0. The lowest BCUT2D eigenvalue weighted by Crippen LogP contribution is -1.94. The summed E-state index contributed by atoms with van der Waals surface area (Å²) in [6, 6.07) is 71.0. The van der Waals surface area contributed by atoms with Gasteiger partial charge in [-0.2, -0.15) is 0 Å². The summed E-state index contributed by atoms with van der Waals surface area (Å²) in [6.07, 6.45) is 0. The van der Waals surface area contributed by atoms with Crippen LogP contribution in [-0.4, -0.2) is 4.57 Å². The van der Waals surface area contributed by atoms with Crippen molar-refractivity contribution < 1.29 is 11.3 Å². The van der Waals surface area contributed by atoms with Gasteiger partial charge in [0.05, 0.1) is 17.9 Å². The van der Waals surface area contributed by atoms with E-state index in [2.05, 4.69) is 174 Å². The minimum Gasteiger partial charge on any atom is -0.456 e. The number of hydrogen-bond donors (Lipinski definition) is 0. The van der Waals surface area contributed by atoms with Crippen molar-refractivity contribution in [2.75, 3.05) is 0 Å². The Kier molecular flexibility index (Phi) is 6.99. The fourth-order valence-electron chi connectivity index (χ4n) is 11.0. The van der Waals surface area contributed by atoms with E-state index in [1.807, 2.05) is 36.4 Å². The van der Waals surface area contributed by atoms with E-state index in [-0.39, 0.29) is 29.7 Å². The molecule has 14 rings (SSSR count). The Hall–Kier alpha value is -8.72. The van der Waals surface area contributed by atoms with Gasteiger partial charge in [-0.15, -0.1) is 0 Å². The van der Waals surface area contributed by atoms with Gasteiger partial charge in [-0.25, -0.2) is 0 Å². The molecular formula is C64H39NO. The first-order chi connectivity index (χ1) is 34.9. The molecule has 0 N–H and O–H groups in total. The van der Waals surface area contributed by atoms with E-state index in [0.29, 0.717) is 5.56 Å². The van der Waals surface area contributed by atoms with Crippen LogP contribution in [0.4, 0.5) is 0 Å². The van der Waals surface area contributed by atoms with Crippen molar-refractivity contribution in [2.24, 2.45) is 0 Å². The molecule has 0 saturated carbocycles.